The molecule has 0 fully saturated rings. The molecule has 13 amide bonds. The van der Waals surface area contributed by atoms with E-state index in [2.05, 4.69) is 69.1 Å². The number of carboxylic acid groups (broad SMARTS) is 2. The van der Waals surface area contributed by atoms with Crippen molar-refractivity contribution >= 4 is 88.7 Å². The Kier molecular flexibility index (Phi) is 58.5. The van der Waals surface area contributed by atoms with Gasteiger partial charge in [0.15, 0.2) is 0 Å². The van der Waals surface area contributed by atoms with Gasteiger partial charge in [-0.05, 0) is 241 Å². The molecule has 0 heterocycles. The Hall–Kier alpha value is -8.23. The Morgan fingerprint density at radius 3 is 0.533 bits per heavy atom. The first-order chi connectivity index (χ1) is 56.5. The lowest BCUT2D eigenvalue weighted by Gasteiger charge is -2.30. The van der Waals surface area contributed by atoms with E-state index < -0.39 is 186 Å². The third-order valence-electron chi connectivity index (χ3n) is 19.8. The van der Waals surface area contributed by atoms with Gasteiger partial charge in [0.1, 0.15) is 78.5 Å². The average molecular weight is 1710 g/mol. The lowest BCUT2D eigenvalue weighted by molar-refractivity contribution is -0.142. The Labute approximate surface area is 712 Å². The minimum Gasteiger partial charge on any atom is -0.481 e. The van der Waals surface area contributed by atoms with Crippen molar-refractivity contribution in [2.24, 2.45) is 81.6 Å². The summed E-state index contributed by atoms with van der Waals surface area (Å²) in [6.45, 7) is 27.0. The SMILES string of the molecule is CC(C)C[C@H](NC(=O)[C@H](CC(C)C)NC(=O)[C@H](CCCCN)NC(=O)[C@H](CC(C)C)NC(=O)[C@H](CC(C)C)NC(=O)[C@H](CCCCN)NC(=O)[C@H](CCCCN)NC(=O)[C@H](CC(C)C)NC(=O)[C@H](CCC(=O)O)NC(=O)[C@H](CCCCN)NC(=O)[C@H](CC(C)C)NC(=O)[C@H](CC(C)C)NC(=O)[C@@H](N)CCCCN)C(=O)N[C@@H](CCCCN)C(=O)O. The van der Waals surface area contributed by atoms with Gasteiger partial charge < -0.3 is 119 Å². The van der Waals surface area contributed by atoms with Crippen LogP contribution < -0.4 is 109 Å². The number of carbonyl (C=O) groups excluding carboxylic acids is 13. The molecule has 0 bridgehead atoms. The number of nitrogens with one attached hydrogen (secondary N) is 13. The highest BCUT2D eigenvalue weighted by molar-refractivity contribution is 6.00. The van der Waals surface area contributed by atoms with E-state index in [0.717, 1.165) is 0 Å². The van der Waals surface area contributed by atoms with Crippen molar-refractivity contribution in [3.63, 3.8) is 0 Å². The largest absolute Gasteiger partial charge is 0.481 e. The molecule has 0 aromatic heterocycles. The number of aliphatic carboxylic acids is 2. The van der Waals surface area contributed by atoms with Gasteiger partial charge in [0, 0.05) is 6.42 Å². The van der Waals surface area contributed by atoms with Crippen LogP contribution in [0.1, 0.15) is 270 Å². The maximum absolute atomic E-state index is 14.8. The van der Waals surface area contributed by atoms with Crippen molar-refractivity contribution in [2.75, 3.05) is 39.3 Å². The Bertz CT molecular complexity index is 3110. The zero-order valence-corrected chi connectivity index (χ0v) is 74.5. The molecule has 0 aliphatic carbocycles. The molecule has 0 spiro atoms. The van der Waals surface area contributed by atoms with E-state index in [0.29, 0.717) is 90.1 Å². The third kappa shape index (κ3) is 49.0. The number of unbranched alkanes of at least 4 members (excludes halogenated alkanes) is 6. The van der Waals surface area contributed by atoms with Crippen LogP contribution in [0.3, 0.4) is 0 Å². The summed E-state index contributed by atoms with van der Waals surface area (Å²) in [6.07, 6.45) is 4.91. The number of hydrogen-bond acceptors (Lipinski definition) is 22. The molecule has 0 unspecified atom stereocenters. The second kappa shape index (κ2) is 62.8. The first-order valence-electron chi connectivity index (χ1n) is 43.8. The number of nitrogens with two attached hydrogens (primary N) is 7. The van der Waals surface area contributed by atoms with Gasteiger partial charge in [-0.15, -0.1) is 0 Å². The minimum absolute atomic E-state index is 0.00836. The average Bonchev–Trinajstić information content (AvgIpc) is 0.855. The van der Waals surface area contributed by atoms with Crippen LogP contribution in [0.5, 0.6) is 0 Å². The zero-order chi connectivity index (χ0) is 91.3. The topological polar surface area (TPSA) is 635 Å². The maximum atomic E-state index is 14.8. The van der Waals surface area contributed by atoms with E-state index in [4.69, 9.17) is 40.1 Å². The standard InChI is InChI=1S/C83H158N20O17/c1-48(2)41-62(97-70(106)55(90)27-15-21-35-84)80(116)101-64(43-50(5)6)77(113)93-57(29-17-23-37-86)72(108)95-60(33-34-69(104)105)75(111)100-63(42-49(3)4)76(112)92-56(28-16-22-36-85)71(107)91-58(30-18-24-38-87)73(109)98-67(46-53(11)12)81(117)102-65(44-51(7)8)78(114)94-59(31-19-25-39-88)74(110)99-68(47-54(13)14)82(118)103-66(45-52(9)10)79(115)96-61(83(119)120)32-20-26-40-89/h48-68H,15-47,84-90H2,1-14H3,(H,91,107)(H,92,112)(H,93,113)(H,94,114)(H,95,108)(H,96,115)(H,97,106)(H,98,109)(H,99,110)(H,100,111)(H,101,116)(H,102,117)(H,103,118)(H,104,105)(H,119,120)/t55-,56-,57-,58-,59-,60-,61-,62-,63-,64-,65-,66-,67-,68-/m0/s1. The van der Waals surface area contributed by atoms with Crippen LogP contribution in [-0.4, -0.2) is 223 Å². The van der Waals surface area contributed by atoms with Crippen LogP contribution in [-0.2, 0) is 71.9 Å². The molecule has 0 saturated heterocycles. The smallest absolute Gasteiger partial charge is 0.326 e. The van der Waals surface area contributed by atoms with E-state index in [1.165, 1.54) is 0 Å². The van der Waals surface area contributed by atoms with Crippen LogP contribution in [0.15, 0.2) is 0 Å². The predicted octanol–water partition coefficient (Wildman–Crippen LogP) is 0.662. The summed E-state index contributed by atoms with van der Waals surface area (Å²) < 4.78 is 0. The molecule has 29 N–H and O–H groups in total. The molecule has 0 aliphatic rings. The lowest BCUT2D eigenvalue weighted by Crippen LogP contribution is -2.61. The molecule has 14 atom stereocenters. The first-order valence-corrected chi connectivity index (χ1v) is 43.8. The molecule has 0 aromatic rings. The maximum Gasteiger partial charge on any atom is 0.326 e. The van der Waals surface area contributed by atoms with E-state index in [9.17, 15) is 82.1 Å². The predicted molar refractivity (Wildman–Crippen MR) is 461 cm³/mol. The normalized spacial score (nSPS) is 15.1. The Morgan fingerprint density at radius 1 is 0.208 bits per heavy atom. The fourth-order valence-corrected chi connectivity index (χ4v) is 13.4. The van der Waals surface area contributed by atoms with Crippen LogP contribution >= 0.6 is 0 Å². The molecule has 37 nitrogen and oxygen atoms in total. The van der Waals surface area contributed by atoms with Crippen molar-refractivity contribution in [3.05, 3.63) is 0 Å². The molecule has 0 radical (unpaired) electrons. The second-order valence-corrected chi connectivity index (χ2v) is 34.8. The molecule has 0 aliphatic heterocycles. The summed E-state index contributed by atoms with van der Waals surface area (Å²) in [5.41, 5.74) is 41.0. The Balaban J connectivity index is 7.40. The first kappa shape index (κ1) is 112. The van der Waals surface area contributed by atoms with Crippen LogP contribution in [0.2, 0.25) is 0 Å². The number of hydrogen-bond donors (Lipinski definition) is 22. The summed E-state index contributed by atoms with van der Waals surface area (Å²) >= 11 is 0. The van der Waals surface area contributed by atoms with E-state index in [1.54, 1.807) is 27.7 Å². The number of carboxylic acids is 2. The van der Waals surface area contributed by atoms with Gasteiger partial charge in [-0.2, -0.15) is 0 Å². The van der Waals surface area contributed by atoms with Crippen molar-refractivity contribution in [2.45, 2.75) is 355 Å². The molecule has 0 rings (SSSR count). The van der Waals surface area contributed by atoms with Crippen LogP contribution in [0.4, 0.5) is 0 Å². The van der Waals surface area contributed by atoms with Gasteiger partial charge in [0.05, 0.1) is 6.04 Å². The number of carbonyl (C=O) groups is 15. The quantitative estimate of drug-likeness (QED) is 0.0372. The van der Waals surface area contributed by atoms with Crippen LogP contribution in [0, 0.1) is 41.4 Å². The fraction of sp³-hybridized carbons (Fsp3) is 0.819. The second-order valence-electron chi connectivity index (χ2n) is 34.8. The molecule has 120 heavy (non-hydrogen) atoms. The van der Waals surface area contributed by atoms with Gasteiger partial charge in [-0.3, -0.25) is 67.1 Å². The fourth-order valence-electron chi connectivity index (χ4n) is 13.4. The summed E-state index contributed by atoms with van der Waals surface area (Å²) in [7, 11) is 0. The molecular formula is C83H158N20O17. The highest BCUT2D eigenvalue weighted by Gasteiger charge is 2.39. The van der Waals surface area contributed by atoms with E-state index in [-0.39, 0.29) is 151 Å². The molecule has 0 saturated carbocycles. The van der Waals surface area contributed by atoms with Crippen molar-refractivity contribution in [1.82, 2.24) is 69.1 Å². The van der Waals surface area contributed by atoms with Gasteiger partial charge in [-0.1, -0.05) is 103 Å². The van der Waals surface area contributed by atoms with Crippen molar-refractivity contribution < 1.29 is 82.1 Å². The molecule has 692 valence electrons. The van der Waals surface area contributed by atoms with Crippen molar-refractivity contribution in [1.29, 1.82) is 0 Å². The van der Waals surface area contributed by atoms with Crippen molar-refractivity contribution in [3.8, 4) is 0 Å². The molecular weight excluding hydrogens is 1550 g/mol. The summed E-state index contributed by atoms with van der Waals surface area (Å²) in [5, 5.41) is 55.4. The summed E-state index contributed by atoms with van der Waals surface area (Å²) in [4.78, 5) is 212. The number of amides is 13. The highest BCUT2D eigenvalue weighted by atomic mass is 16.4. The monoisotopic (exact) mass is 1710 g/mol. The van der Waals surface area contributed by atoms with Gasteiger partial charge in [0.2, 0.25) is 76.8 Å². The Morgan fingerprint density at radius 2 is 0.358 bits per heavy atom. The lowest BCUT2D eigenvalue weighted by atomic mass is 9.98. The minimum atomic E-state index is -1.63. The van der Waals surface area contributed by atoms with Gasteiger partial charge >= 0.3 is 11.9 Å². The van der Waals surface area contributed by atoms with Gasteiger partial charge in [-0.25, -0.2) is 4.79 Å². The summed E-state index contributed by atoms with van der Waals surface area (Å²) in [5.74, 6) is -14.1. The van der Waals surface area contributed by atoms with Gasteiger partial charge in [0.25, 0.3) is 0 Å². The highest BCUT2D eigenvalue weighted by Crippen LogP contribution is 2.19. The zero-order valence-electron chi connectivity index (χ0n) is 74.5. The molecule has 0 aromatic carbocycles. The summed E-state index contributed by atoms with van der Waals surface area (Å²) in [6, 6.07) is -18.0. The van der Waals surface area contributed by atoms with E-state index in [1.807, 2.05) is 69.2 Å². The molecule has 37 heteroatoms. The van der Waals surface area contributed by atoms with E-state index >= 15 is 0 Å². The third-order valence-corrected chi connectivity index (χ3v) is 19.8. The number of rotatable bonds is 68. The van der Waals surface area contributed by atoms with Crippen LogP contribution in [0.25, 0.3) is 0 Å².